The van der Waals surface area contributed by atoms with Crippen molar-refractivity contribution in [1.82, 2.24) is 19.5 Å². The number of ether oxygens (including phenoxy) is 1. The summed E-state index contributed by atoms with van der Waals surface area (Å²) in [6, 6.07) is 0. The number of aromatic nitrogens is 4. The first kappa shape index (κ1) is 11.3. The third kappa shape index (κ3) is 1.62. The minimum atomic E-state index is -0.698. The topological polar surface area (TPSA) is 119 Å². The fraction of sp³-hybridized carbons (Fsp3) is 0.500. The molecule has 3 rings (SSSR count). The Morgan fingerprint density at radius 1 is 1.44 bits per heavy atom. The Morgan fingerprint density at radius 2 is 2.28 bits per heavy atom. The number of nitrogens with two attached hydrogens (primary N) is 1. The number of nitrogens with zero attached hydrogens (tertiary/aromatic N) is 4. The number of imidazole rings is 1. The summed E-state index contributed by atoms with van der Waals surface area (Å²) in [5.74, 6) is 0.302. The van der Waals surface area contributed by atoms with E-state index in [1.165, 1.54) is 6.33 Å². The molecule has 0 aliphatic carbocycles. The van der Waals surface area contributed by atoms with Crippen LogP contribution in [0.15, 0.2) is 12.7 Å². The molecule has 2 aromatic heterocycles. The van der Waals surface area contributed by atoms with Gasteiger partial charge in [-0.2, -0.15) is 0 Å². The van der Waals surface area contributed by atoms with Gasteiger partial charge in [-0.15, -0.1) is 0 Å². The lowest BCUT2D eigenvalue weighted by Gasteiger charge is -2.13. The fourth-order valence-corrected chi connectivity index (χ4v) is 2.13. The van der Waals surface area contributed by atoms with Crippen LogP contribution in [0.25, 0.3) is 11.2 Å². The van der Waals surface area contributed by atoms with Crippen LogP contribution < -0.4 is 5.73 Å². The van der Waals surface area contributed by atoms with Crippen molar-refractivity contribution in [2.45, 2.75) is 24.9 Å². The standard InChI is InChI=1S/C10H13N5O3/c11-9-8-10(13-3-12-9)15(4-14-8)7-1-5(17)6(2-16)18-7/h3-7,16-17H,1-2H2,(H2,11,12,13)/t5-,6+,7+/m1/s1. The predicted molar refractivity (Wildman–Crippen MR) is 61.4 cm³/mol. The van der Waals surface area contributed by atoms with Gasteiger partial charge in [-0.3, -0.25) is 4.57 Å². The highest BCUT2D eigenvalue weighted by atomic mass is 16.5. The smallest absolute Gasteiger partial charge is 0.167 e. The molecule has 1 aliphatic heterocycles. The lowest BCUT2D eigenvalue weighted by Crippen LogP contribution is -2.24. The second kappa shape index (κ2) is 4.16. The molecule has 8 nitrogen and oxygen atoms in total. The van der Waals surface area contributed by atoms with E-state index in [2.05, 4.69) is 15.0 Å². The van der Waals surface area contributed by atoms with E-state index in [0.717, 1.165) is 0 Å². The van der Waals surface area contributed by atoms with Gasteiger partial charge in [0, 0.05) is 6.42 Å². The first-order chi connectivity index (χ1) is 8.70. The molecule has 0 aromatic carbocycles. The number of aliphatic hydroxyl groups is 2. The van der Waals surface area contributed by atoms with Gasteiger partial charge in [-0.25, -0.2) is 15.0 Å². The first-order valence-electron chi connectivity index (χ1n) is 5.58. The number of hydrogen-bond acceptors (Lipinski definition) is 7. The third-order valence-corrected chi connectivity index (χ3v) is 3.08. The molecule has 1 aliphatic rings. The molecule has 18 heavy (non-hydrogen) atoms. The van der Waals surface area contributed by atoms with Crippen LogP contribution in [0.1, 0.15) is 12.6 Å². The van der Waals surface area contributed by atoms with Crippen molar-refractivity contribution in [2.75, 3.05) is 12.3 Å². The molecule has 0 radical (unpaired) electrons. The number of aliphatic hydroxyl groups excluding tert-OH is 2. The minimum absolute atomic E-state index is 0.221. The number of rotatable bonds is 2. The molecule has 8 heteroatoms. The van der Waals surface area contributed by atoms with Crippen molar-refractivity contribution >= 4 is 17.0 Å². The quantitative estimate of drug-likeness (QED) is 0.629. The largest absolute Gasteiger partial charge is 0.394 e. The van der Waals surface area contributed by atoms with E-state index in [1.807, 2.05) is 0 Å². The third-order valence-electron chi connectivity index (χ3n) is 3.08. The molecule has 2 aromatic rings. The Labute approximate surface area is 102 Å². The molecular formula is C10H13N5O3. The lowest BCUT2D eigenvalue weighted by molar-refractivity contribution is -0.0432. The fourth-order valence-electron chi connectivity index (χ4n) is 2.13. The molecular weight excluding hydrogens is 238 g/mol. The Bertz CT molecular complexity index is 572. The van der Waals surface area contributed by atoms with Gasteiger partial charge in [0.1, 0.15) is 24.2 Å². The van der Waals surface area contributed by atoms with Crippen LogP contribution >= 0.6 is 0 Å². The van der Waals surface area contributed by atoms with E-state index in [0.29, 0.717) is 23.4 Å². The van der Waals surface area contributed by atoms with E-state index in [9.17, 15) is 5.11 Å². The van der Waals surface area contributed by atoms with Crippen molar-refractivity contribution < 1.29 is 14.9 Å². The number of anilines is 1. The number of hydrogen-bond donors (Lipinski definition) is 3. The highest BCUT2D eigenvalue weighted by molar-refractivity contribution is 5.81. The van der Waals surface area contributed by atoms with E-state index in [1.54, 1.807) is 10.9 Å². The van der Waals surface area contributed by atoms with Crippen LogP contribution in [-0.4, -0.2) is 48.5 Å². The van der Waals surface area contributed by atoms with Gasteiger partial charge in [0.05, 0.1) is 19.0 Å². The lowest BCUT2D eigenvalue weighted by atomic mass is 10.2. The zero-order chi connectivity index (χ0) is 12.7. The zero-order valence-corrected chi connectivity index (χ0v) is 9.47. The Balaban J connectivity index is 1.99. The van der Waals surface area contributed by atoms with Crippen LogP contribution in [0, 0.1) is 0 Å². The summed E-state index contributed by atoms with van der Waals surface area (Å²) in [7, 11) is 0. The summed E-state index contributed by atoms with van der Waals surface area (Å²) in [4.78, 5) is 12.1. The summed E-state index contributed by atoms with van der Waals surface area (Å²) in [6.45, 7) is -0.221. The maximum Gasteiger partial charge on any atom is 0.167 e. The highest BCUT2D eigenvalue weighted by Crippen LogP contribution is 2.30. The molecule has 4 N–H and O–H groups in total. The van der Waals surface area contributed by atoms with Crippen LogP contribution in [-0.2, 0) is 4.74 Å². The normalized spacial score (nSPS) is 28.0. The molecule has 3 heterocycles. The highest BCUT2D eigenvalue weighted by Gasteiger charge is 2.35. The minimum Gasteiger partial charge on any atom is -0.394 e. The molecule has 1 fully saturated rings. The molecule has 3 atom stereocenters. The van der Waals surface area contributed by atoms with Crippen molar-refractivity contribution in [2.24, 2.45) is 0 Å². The molecule has 96 valence electrons. The number of fused-ring (bicyclic) bond motifs is 1. The SMILES string of the molecule is Nc1ncnc2c1ncn2[C@@H]1C[C@@H](O)[C@H](CO)O1. The first-order valence-corrected chi connectivity index (χ1v) is 5.58. The van der Waals surface area contributed by atoms with Gasteiger partial charge in [0.25, 0.3) is 0 Å². The molecule has 0 unspecified atom stereocenters. The molecule has 0 spiro atoms. The maximum atomic E-state index is 9.71. The summed E-state index contributed by atoms with van der Waals surface area (Å²) in [5.41, 5.74) is 6.75. The van der Waals surface area contributed by atoms with Gasteiger partial charge >= 0.3 is 0 Å². The summed E-state index contributed by atoms with van der Waals surface area (Å²) in [5, 5.41) is 18.8. The average Bonchev–Trinajstić information content (AvgIpc) is 2.93. The van der Waals surface area contributed by atoms with Crippen molar-refractivity contribution in [1.29, 1.82) is 0 Å². The number of nitrogen functional groups attached to an aromatic ring is 1. The van der Waals surface area contributed by atoms with Crippen LogP contribution in [0.4, 0.5) is 5.82 Å². The van der Waals surface area contributed by atoms with E-state index >= 15 is 0 Å². The predicted octanol–water partition coefficient (Wildman–Crippen LogP) is -0.951. The van der Waals surface area contributed by atoms with E-state index in [4.69, 9.17) is 15.6 Å². The molecule has 0 amide bonds. The molecule has 0 saturated carbocycles. The van der Waals surface area contributed by atoms with Gasteiger partial charge < -0.3 is 20.7 Å². The van der Waals surface area contributed by atoms with Gasteiger partial charge in [-0.05, 0) is 0 Å². The van der Waals surface area contributed by atoms with Gasteiger partial charge in [-0.1, -0.05) is 0 Å². The zero-order valence-electron chi connectivity index (χ0n) is 9.47. The van der Waals surface area contributed by atoms with Gasteiger partial charge in [0.2, 0.25) is 0 Å². The second-order valence-corrected chi connectivity index (χ2v) is 4.20. The van der Waals surface area contributed by atoms with E-state index in [-0.39, 0.29) is 6.61 Å². The van der Waals surface area contributed by atoms with E-state index < -0.39 is 18.4 Å². The Kier molecular flexibility index (Phi) is 2.62. The summed E-state index contributed by atoms with van der Waals surface area (Å²) in [6.07, 6.45) is 1.60. The van der Waals surface area contributed by atoms with Gasteiger partial charge in [0.15, 0.2) is 11.5 Å². The van der Waals surface area contributed by atoms with Crippen molar-refractivity contribution in [3.63, 3.8) is 0 Å². The van der Waals surface area contributed by atoms with Crippen LogP contribution in [0.5, 0.6) is 0 Å². The average molecular weight is 251 g/mol. The molecule has 1 saturated heterocycles. The van der Waals surface area contributed by atoms with Crippen LogP contribution in [0.2, 0.25) is 0 Å². The van der Waals surface area contributed by atoms with Crippen molar-refractivity contribution in [3.05, 3.63) is 12.7 Å². The Morgan fingerprint density at radius 3 is 3.00 bits per heavy atom. The molecule has 0 bridgehead atoms. The Hall–Kier alpha value is -1.77. The summed E-state index contributed by atoms with van der Waals surface area (Å²) < 4.78 is 7.22. The second-order valence-electron chi connectivity index (χ2n) is 4.20. The summed E-state index contributed by atoms with van der Waals surface area (Å²) >= 11 is 0. The van der Waals surface area contributed by atoms with Crippen LogP contribution in [0.3, 0.4) is 0 Å². The van der Waals surface area contributed by atoms with Crippen molar-refractivity contribution in [3.8, 4) is 0 Å². The maximum absolute atomic E-state index is 9.71. The monoisotopic (exact) mass is 251 g/mol.